The van der Waals surface area contributed by atoms with E-state index in [0.717, 1.165) is 91.3 Å². The number of para-hydroxylation sites is 1. The van der Waals surface area contributed by atoms with Gasteiger partial charge < -0.3 is 19.9 Å². The number of ether oxygens (including phenoxy) is 1. The van der Waals surface area contributed by atoms with Crippen molar-refractivity contribution < 1.29 is 9.53 Å². The van der Waals surface area contributed by atoms with Gasteiger partial charge in [0.05, 0.1) is 12.6 Å². The van der Waals surface area contributed by atoms with Crippen LogP contribution in [0.25, 0.3) is 10.9 Å². The maximum atomic E-state index is 11.4. The zero-order valence-corrected chi connectivity index (χ0v) is 24.0. The summed E-state index contributed by atoms with van der Waals surface area (Å²) in [7, 11) is 3.61. The van der Waals surface area contributed by atoms with Crippen LogP contribution < -0.4 is 15.4 Å². The summed E-state index contributed by atoms with van der Waals surface area (Å²) < 4.78 is 7.67. The lowest BCUT2D eigenvalue weighted by molar-refractivity contribution is 0.112. The number of aromatic nitrogens is 1. The van der Waals surface area contributed by atoms with Gasteiger partial charge in [-0.3, -0.25) is 9.69 Å². The first-order valence-corrected chi connectivity index (χ1v) is 13.8. The fraction of sp³-hybridized carbons (Fsp3) is 0.500. The van der Waals surface area contributed by atoms with Crippen molar-refractivity contribution >= 4 is 28.8 Å². The number of halogens is 1. The summed E-state index contributed by atoms with van der Waals surface area (Å²) in [6, 6.07) is 11.9. The van der Waals surface area contributed by atoms with Crippen LogP contribution in [-0.4, -0.2) is 56.2 Å². The van der Waals surface area contributed by atoms with Gasteiger partial charge in [-0.25, -0.2) is 0 Å². The maximum Gasteiger partial charge on any atom is 0.152 e. The molecule has 0 aliphatic carbocycles. The molecule has 2 N–H and O–H groups in total. The largest absolute Gasteiger partial charge is 0.495 e. The van der Waals surface area contributed by atoms with Crippen LogP contribution in [0.2, 0.25) is 5.02 Å². The first-order chi connectivity index (χ1) is 18.0. The first-order valence-electron chi connectivity index (χ1n) is 13.4. The normalized spacial score (nSPS) is 11.0. The van der Waals surface area contributed by atoms with E-state index in [9.17, 15) is 4.79 Å². The summed E-state index contributed by atoms with van der Waals surface area (Å²) in [6.07, 6.45) is 7.52. The summed E-state index contributed by atoms with van der Waals surface area (Å²) in [5.74, 6) is 0.822. The van der Waals surface area contributed by atoms with Gasteiger partial charge in [0.1, 0.15) is 5.75 Å². The van der Waals surface area contributed by atoms with E-state index < -0.39 is 0 Å². The Kier molecular flexibility index (Phi) is 14.3. The van der Waals surface area contributed by atoms with E-state index in [4.69, 9.17) is 16.3 Å². The van der Waals surface area contributed by atoms with E-state index in [-0.39, 0.29) is 0 Å². The number of rotatable bonds is 15. The average molecular weight is 529 g/mol. The fourth-order valence-corrected chi connectivity index (χ4v) is 4.52. The Morgan fingerprint density at radius 3 is 2.57 bits per heavy atom. The Labute approximate surface area is 228 Å². The Hall–Kier alpha value is -2.38. The fourth-order valence-electron chi connectivity index (χ4n) is 4.40. The van der Waals surface area contributed by atoms with E-state index >= 15 is 0 Å². The van der Waals surface area contributed by atoms with Gasteiger partial charge in [0, 0.05) is 48.5 Å². The van der Waals surface area contributed by atoms with Crippen LogP contribution >= 0.6 is 11.6 Å². The molecule has 6 nitrogen and oxygen atoms in total. The van der Waals surface area contributed by atoms with Gasteiger partial charge in [0.15, 0.2) is 6.29 Å². The lowest BCUT2D eigenvalue weighted by Gasteiger charge is -2.22. The molecule has 0 fully saturated rings. The van der Waals surface area contributed by atoms with Crippen molar-refractivity contribution in [2.45, 2.75) is 59.5 Å². The lowest BCUT2D eigenvalue weighted by Crippen LogP contribution is -2.36. The minimum atomic E-state index is 0.727. The standard InChI is InChI=1S/C21H33N3O2.C9H12ClN/c1-4-6-11-22-17-23(12-5-2)13-8-14-24-15-18(16-25)19-9-7-10-20(26-3)21(19)24;1-7-5-8(6-11-2)3-4-9(7)10/h7,9-10,15-16,22H,4-6,8,11-14,17H2,1-3H3;3-5,11H,6H2,1-2H3. The second-order valence-corrected chi connectivity index (χ2v) is 9.76. The van der Waals surface area contributed by atoms with E-state index in [2.05, 4.69) is 40.0 Å². The molecule has 0 aliphatic heterocycles. The molecule has 0 bridgehead atoms. The molecule has 2 aromatic carbocycles. The molecule has 3 aromatic rings. The molecule has 0 unspecified atom stereocenters. The highest BCUT2D eigenvalue weighted by Crippen LogP contribution is 2.29. The predicted octanol–water partition coefficient (Wildman–Crippen LogP) is 6.28. The smallest absolute Gasteiger partial charge is 0.152 e. The number of unbranched alkanes of at least 4 members (excludes halogenated alkanes) is 1. The number of carbonyl (C=O) groups is 1. The molecule has 37 heavy (non-hydrogen) atoms. The summed E-state index contributed by atoms with van der Waals surface area (Å²) in [4.78, 5) is 13.9. The molecule has 3 rings (SSSR count). The highest BCUT2D eigenvalue weighted by Gasteiger charge is 2.12. The molecular weight excluding hydrogens is 484 g/mol. The van der Waals surface area contributed by atoms with Gasteiger partial charge in [-0.1, -0.05) is 56.1 Å². The molecular formula is C30H45ClN4O2. The number of nitrogens with zero attached hydrogens (tertiary/aromatic N) is 2. The number of hydrogen-bond acceptors (Lipinski definition) is 5. The quantitative estimate of drug-likeness (QED) is 0.138. The van der Waals surface area contributed by atoms with Crippen LogP contribution in [-0.2, 0) is 13.1 Å². The minimum Gasteiger partial charge on any atom is -0.495 e. The number of fused-ring (bicyclic) bond motifs is 1. The van der Waals surface area contributed by atoms with Crippen molar-refractivity contribution in [3.8, 4) is 5.75 Å². The van der Waals surface area contributed by atoms with E-state index in [1.165, 1.54) is 18.4 Å². The van der Waals surface area contributed by atoms with Crippen LogP contribution in [0.3, 0.4) is 0 Å². The predicted molar refractivity (Wildman–Crippen MR) is 157 cm³/mol. The number of hydrogen-bond donors (Lipinski definition) is 2. The third kappa shape index (κ3) is 9.78. The maximum absolute atomic E-state index is 11.4. The monoisotopic (exact) mass is 528 g/mol. The zero-order valence-electron chi connectivity index (χ0n) is 23.3. The SMILES string of the molecule is CCCCNCN(CCC)CCCn1cc(C=O)c2cccc(OC)c21.CNCc1ccc(Cl)c(C)c1. The van der Waals surface area contributed by atoms with Gasteiger partial charge >= 0.3 is 0 Å². The van der Waals surface area contributed by atoms with Gasteiger partial charge in [0.25, 0.3) is 0 Å². The van der Waals surface area contributed by atoms with Crippen molar-refractivity contribution in [3.05, 3.63) is 64.3 Å². The van der Waals surface area contributed by atoms with Gasteiger partial charge in [-0.05, 0) is 69.6 Å². The number of nitrogens with one attached hydrogen (secondary N) is 2. The van der Waals surface area contributed by atoms with E-state index in [1.54, 1.807) is 7.11 Å². The number of methoxy groups -OCH3 is 1. The second-order valence-electron chi connectivity index (χ2n) is 9.35. The number of aryl methyl sites for hydroxylation is 2. The van der Waals surface area contributed by atoms with Crippen molar-refractivity contribution in [1.29, 1.82) is 0 Å². The van der Waals surface area contributed by atoms with Crippen LogP contribution in [0.15, 0.2) is 42.6 Å². The molecule has 0 radical (unpaired) electrons. The Balaban J connectivity index is 0.000000364. The van der Waals surface area contributed by atoms with E-state index in [1.807, 2.05) is 50.5 Å². The highest BCUT2D eigenvalue weighted by molar-refractivity contribution is 6.31. The van der Waals surface area contributed by atoms with Crippen LogP contribution in [0, 0.1) is 6.92 Å². The number of benzene rings is 2. The summed E-state index contributed by atoms with van der Waals surface area (Å²) >= 11 is 5.86. The molecule has 0 saturated heterocycles. The third-order valence-electron chi connectivity index (χ3n) is 6.30. The third-order valence-corrected chi connectivity index (χ3v) is 6.72. The van der Waals surface area contributed by atoms with Gasteiger partial charge in [0.2, 0.25) is 0 Å². The van der Waals surface area contributed by atoms with E-state index in [0.29, 0.717) is 0 Å². The van der Waals surface area contributed by atoms with Crippen LogP contribution in [0.4, 0.5) is 0 Å². The molecule has 0 spiro atoms. The average Bonchev–Trinajstić information content (AvgIpc) is 3.27. The Morgan fingerprint density at radius 2 is 1.92 bits per heavy atom. The van der Waals surface area contributed by atoms with Gasteiger partial charge in [-0.15, -0.1) is 0 Å². The number of aldehydes is 1. The van der Waals surface area contributed by atoms with Crippen LogP contribution in [0.1, 0.15) is 61.0 Å². The molecule has 0 amide bonds. The summed E-state index contributed by atoms with van der Waals surface area (Å²) in [5.41, 5.74) is 4.15. The second kappa shape index (κ2) is 17.2. The van der Waals surface area contributed by atoms with Crippen molar-refractivity contribution in [2.75, 3.05) is 40.5 Å². The molecule has 0 atom stereocenters. The first kappa shape index (κ1) is 30.8. The molecule has 0 aliphatic rings. The minimum absolute atomic E-state index is 0.727. The van der Waals surface area contributed by atoms with Crippen molar-refractivity contribution in [3.63, 3.8) is 0 Å². The van der Waals surface area contributed by atoms with Crippen molar-refractivity contribution in [1.82, 2.24) is 20.1 Å². The summed E-state index contributed by atoms with van der Waals surface area (Å²) in [6.45, 7) is 12.4. The molecule has 1 aromatic heterocycles. The van der Waals surface area contributed by atoms with Crippen LogP contribution in [0.5, 0.6) is 5.75 Å². The highest BCUT2D eigenvalue weighted by atomic mass is 35.5. The van der Waals surface area contributed by atoms with Gasteiger partial charge in [-0.2, -0.15) is 0 Å². The summed E-state index contributed by atoms with van der Waals surface area (Å²) in [5, 5.41) is 8.42. The topological polar surface area (TPSA) is 58.5 Å². The number of carbonyl (C=O) groups excluding carboxylic acids is 1. The zero-order chi connectivity index (χ0) is 27.0. The molecule has 1 heterocycles. The molecule has 7 heteroatoms. The molecule has 0 saturated carbocycles. The molecule has 204 valence electrons. The Morgan fingerprint density at radius 1 is 1.11 bits per heavy atom. The lowest BCUT2D eigenvalue weighted by atomic mass is 10.1. The van der Waals surface area contributed by atoms with Crippen molar-refractivity contribution in [2.24, 2.45) is 0 Å². The Bertz CT molecular complexity index is 1080.